The number of ether oxygens (including phenoxy) is 1. The number of aromatic nitrogens is 2. The van der Waals surface area contributed by atoms with Gasteiger partial charge in [-0.1, -0.05) is 25.4 Å². The molecule has 2 rings (SSSR count). The minimum atomic E-state index is -0.419. The molecule has 0 bridgehead atoms. The smallest absolute Gasteiger partial charge is 0.229 e. The summed E-state index contributed by atoms with van der Waals surface area (Å²) in [6.45, 7) is 4.16. The average Bonchev–Trinajstić information content (AvgIpc) is 2.87. The Morgan fingerprint density at radius 1 is 1.58 bits per heavy atom. The van der Waals surface area contributed by atoms with Crippen LogP contribution in [0.15, 0.2) is 4.52 Å². The summed E-state index contributed by atoms with van der Waals surface area (Å²) in [4.78, 5) is 4.44. The highest BCUT2D eigenvalue weighted by molar-refractivity contribution is 5.04. The highest BCUT2D eigenvalue weighted by Crippen LogP contribution is 2.41. The highest BCUT2D eigenvalue weighted by atomic mass is 16.5. The van der Waals surface area contributed by atoms with Gasteiger partial charge in [0.25, 0.3) is 0 Å². The number of hydrogen-bond donors (Lipinski definition) is 1. The van der Waals surface area contributed by atoms with E-state index in [1.54, 1.807) is 7.11 Å². The summed E-state index contributed by atoms with van der Waals surface area (Å²) in [6, 6.07) is 0. The predicted molar refractivity (Wildman–Crippen MR) is 70.6 cm³/mol. The molecule has 5 nitrogen and oxygen atoms in total. The highest BCUT2D eigenvalue weighted by Gasteiger charge is 2.40. The van der Waals surface area contributed by atoms with Gasteiger partial charge in [-0.2, -0.15) is 4.98 Å². The van der Waals surface area contributed by atoms with Crippen LogP contribution in [0.2, 0.25) is 0 Å². The Morgan fingerprint density at radius 2 is 2.37 bits per heavy atom. The quantitative estimate of drug-likeness (QED) is 0.888. The molecule has 3 unspecified atom stereocenters. The van der Waals surface area contributed by atoms with Crippen molar-refractivity contribution in [3.8, 4) is 0 Å². The summed E-state index contributed by atoms with van der Waals surface area (Å²) < 4.78 is 11.0. The maximum atomic E-state index is 9.64. The van der Waals surface area contributed by atoms with Crippen molar-refractivity contribution in [3.63, 3.8) is 0 Å². The van der Waals surface area contributed by atoms with Crippen LogP contribution in [-0.2, 0) is 16.8 Å². The van der Waals surface area contributed by atoms with Gasteiger partial charge in [0.05, 0.1) is 12.5 Å². The van der Waals surface area contributed by atoms with Crippen LogP contribution in [-0.4, -0.2) is 28.5 Å². The number of methoxy groups -OCH3 is 1. The van der Waals surface area contributed by atoms with Gasteiger partial charge in [0.15, 0.2) is 0 Å². The Balaban J connectivity index is 2.15. The van der Waals surface area contributed by atoms with Crippen molar-refractivity contribution >= 4 is 0 Å². The Bertz CT molecular complexity index is 407. The van der Waals surface area contributed by atoms with Crippen LogP contribution in [0.5, 0.6) is 0 Å². The van der Waals surface area contributed by atoms with Crippen molar-refractivity contribution in [3.05, 3.63) is 11.7 Å². The molecule has 1 saturated carbocycles. The summed E-state index contributed by atoms with van der Waals surface area (Å²) in [5, 5.41) is 13.7. The van der Waals surface area contributed by atoms with Crippen LogP contribution < -0.4 is 0 Å². The number of hydrogen-bond acceptors (Lipinski definition) is 5. The molecule has 0 saturated heterocycles. The molecular weight excluding hydrogens is 244 g/mol. The zero-order valence-electron chi connectivity index (χ0n) is 12.1. The SMILES string of the molecule is CCC(O)Cc1nc(C2(OC)CCCC(C)C2)no1. The van der Waals surface area contributed by atoms with Crippen LogP contribution in [0.4, 0.5) is 0 Å². The molecule has 5 heteroatoms. The van der Waals surface area contributed by atoms with E-state index in [9.17, 15) is 5.11 Å². The first kappa shape index (κ1) is 14.5. The van der Waals surface area contributed by atoms with Gasteiger partial charge in [-0.05, 0) is 31.6 Å². The standard InChI is InChI=1S/C14H24N2O3/c1-4-11(17)8-12-15-13(16-19-12)14(18-3)7-5-6-10(2)9-14/h10-11,17H,4-9H2,1-3H3. The number of aliphatic hydroxyl groups excluding tert-OH is 1. The Kier molecular flexibility index (Phi) is 4.58. The lowest BCUT2D eigenvalue weighted by molar-refractivity contribution is -0.0658. The summed E-state index contributed by atoms with van der Waals surface area (Å²) in [7, 11) is 1.72. The van der Waals surface area contributed by atoms with Gasteiger partial charge in [-0.3, -0.25) is 0 Å². The molecule has 0 aliphatic heterocycles. The molecule has 19 heavy (non-hydrogen) atoms. The van der Waals surface area contributed by atoms with Gasteiger partial charge in [-0.15, -0.1) is 0 Å². The fourth-order valence-electron chi connectivity index (χ4n) is 2.85. The van der Waals surface area contributed by atoms with Crippen molar-refractivity contribution in [2.24, 2.45) is 5.92 Å². The summed E-state index contributed by atoms with van der Waals surface area (Å²) in [5.74, 6) is 1.75. The number of aliphatic hydroxyl groups is 1. The van der Waals surface area contributed by atoms with Crippen molar-refractivity contribution in [1.82, 2.24) is 10.1 Å². The third kappa shape index (κ3) is 3.15. The molecule has 0 radical (unpaired) electrons. The van der Waals surface area contributed by atoms with E-state index in [4.69, 9.17) is 9.26 Å². The van der Waals surface area contributed by atoms with Gasteiger partial charge < -0.3 is 14.4 Å². The van der Waals surface area contributed by atoms with Crippen LogP contribution >= 0.6 is 0 Å². The second-order valence-corrected chi connectivity index (χ2v) is 5.68. The van der Waals surface area contributed by atoms with Gasteiger partial charge in [0.1, 0.15) is 5.60 Å². The third-order valence-corrected chi connectivity index (χ3v) is 4.10. The lowest BCUT2D eigenvalue weighted by Gasteiger charge is -2.36. The molecule has 1 aromatic heterocycles. The van der Waals surface area contributed by atoms with E-state index >= 15 is 0 Å². The minimum Gasteiger partial charge on any atom is -0.393 e. The van der Waals surface area contributed by atoms with Crippen LogP contribution in [0.3, 0.4) is 0 Å². The van der Waals surface area contributed by atoms with Crippen LogP contribution in [0, 0.1) is 5.92 Å². The monoisotopic (exact) mass is 268 g/mol. The fraction of sp³-hybridized carbons (Fsp3) is 0.857. The van der Waals surface area contributed by atoms with E-state index in [0.717, 1.165) is 19.3 Å². The predicted octanol–water partition coefficient (Wildman–Crippen LogP) is 2.43. The Labute approximate surface area is 114 Å². The molecule has 3 atom stereocenters. The normalized spacial score (nSPS) is 29.4. The molecule has 108 valence electrons. The van der Waals surface area contributed by atoms with Gasteiger partial charge in [0, 0.05) is 7.11 Å². The van der Waals surface area contributed by atoms with Crippen LogP contribution in [0.1, 0.15) is 57.7 Å². The zero-order valence-corrected chi connectivity index (χ0v) is 12.1. The zero-order chi connectivity index (χ0) is 13.9. The van der Waals surface area contributed by atoms with E-state index in [2.05, 4.69) is 17.1 Å². The molecule has 0 spiro atoms. The Morgan fingerprint density at radius 3 is 3.00 bits per heavy atom. The molecule has 1 aliphatic rings. The van der Waals surface area contributed by atoms with E-state index < -0.39 is 11.7 Å². The molecule has 1 fully saturated rings. The first-order chi connectivity index (χ1) is 9.09. The molecule has 1 aliphatic carbocycles. The Hall–Kier alpha value is -0.940. The third-order valence-electron chi connectivity index (χ3n) is 4.10. The van der Waals surface area contributed by atoms with Gasteiger partial charge >= 0.3 is 0 Å². The summed E-state index contributed by atoms with van der Waals surface area (Å²) >= 11 is 0. The van der Waals surface area contributed by atoms with Crippen molar-refractivity contribution in [1.29, 1.82) is 0 Å². The van der Waals surface area contributed by atoms with E-state index in [1.165, 1.54) is 6.42 Å². The molecule has 0 aromatic carbocycles. The maximum absolute atomic E-state index is 9.64. The molecule has 0 amide bonds. The second kappa shape index (κ2) is 6.01. The topological polar surface area (TPSA) is 68.4 Å². The van der Waals surface area contributed by atoms with Crippen molar-refractivity contribution < 1.29 is 14.4 Å². The van der Waals surface area contributed by atoms with E-state index in [1.807, 2.05) is 6.92 Å². The largest absolute Gasteiger partial charge is 0.393 e. The average molecular weight is 268 g/mol. The van der Waals surface area contributed by atoms with Crippen LogP contribution in [0.25, 0.3) is 0 Å². The second-order valence-electron chi connectivity index (χ2n) is 5.68. The van der Waals surface area contributed by atoms with Crippen molar-refractivity contribution in [2.75, 3.05) is 7.11 Å². The molecule has 1 heterocycles. The number of nitrogens with zero attached hydrogens (tertiary/aromatic N) is 2. The van der Waals surface area contributed by atoms with Gasteiger partial charge in [0.2, 0.25) is 11.7 Å². The minimum absolute atomic E-state index is 0.406. The van der Waals surface area contributed by atoms with Gasteiger partial charge in [-0.25, -0.2) is 0 Å². The maximum Gasteiger partial charge on any atom is 0.229 e. The lowest BCUT2D eigenvalue weighted by atomic mass is 9.78. The molecule has 1 aromatic rings. The fourth-order valence-corrected chi connectivity index (χ4v) is 2.85. The van der Waals surface area contributed by atoms with E-state index in [-0.39, 0.29) is 0 Å². The van der Waals surface area contributed by atoms with E-state index in [0.29, 0.717) is 30.5 Å². The first-order valence-electron chi connectivity index (χ1n) is 7.16. The molecule has 1 N–H and O–H groups in total. The number of rotatable bonds is 5. The lowest BCUT2D eigenvalue weighted by Crippen LogP contribution is -2.35. The first-order valence-corrected chi connectivity index (χ1v) is 7.16. The summed E-state index contributed by atoms with van der Waals surface area (Å²) in [6.07, 6.45) is 4.89. The molecular formula is C14H24N2O3. The van der Waals surface area contributed by atoms with Crippen molar-refractivity contribution in [2.45, 2.75) is 64.1 Å². The summed E-state index contributed by atoms with van der Waals surface area (Å²) in [5.41, 5.74) is -0.406.